The second kappa shape index (κ2) is 7.21. The van der Waals surface area contributed by atoms with Gasteiger partial charge in [-0.25, -0.2) is 9.78 Å². The second-order valence-electron chi connectivity index (χ2n) is 5.94. The number of benzene rings is 1. The Bertz CT molecular complexity index is 840. The molecule has 25 heavy (non-hydrogen) atoms. The predicted octanol–water partition coefficient (Wildman–Crippen LogP) is 3.20. The average Bonchev–Trinajstić information content (AvgIpc) is 3.24. The number of aryl methyl sites for hydroxylation is 1. The van der Waals surface area contributed by atoms with E-state index in [1.54, 1.807) is 17.1 Å². The summed E-state index contributed by atoms with van der Waals surface area (Å²) in [5.41, 5.74) is 1.89. The van der Waals surface area contributed by atoms with E-state index >= 15 is 0 Å². The first kappa shape index (κ1) is 16.8. The van der Waals surface area contributed by atoms with E-state index < -0.39 is 0 Å². The third-order valence-corrected chi connectivity index (χ3v) is 3.87. The lowest BCUT2D eigenvalue weighted by Crippen LogP contribution is -2.38. The maximum Gasteiger partial charge on any atom is 0.315 e. The largest absolute Gasteiger partial charge is 0.438 e. The van der Waals surface area contributed by atoms with Gasteiger partial charge in [-0.2, -0.15) is 5.10 Å². The monoisotopic (exact) mass is 339 g/mol. The molecule has 2 heterocycles. The number of oxazole rings is 1. The Morgan fingerprint density at radius 1 is 1.12 bits per heavy atom. The summed E-state index contributed by atoms with van der Waals surface area (Å²) in [5, 5.41) is 9.82. The Balaban J connectivity index is 1.59. The highest BCUT2D eigenvalue weighted by Crippen LogP contribution is 2.22. The molecule has 7 nitrogen and oxygen atoms in total. The minimum Gasteiger partial charge on any atom is -0.438 e. The van der Waals surface area contributed by atoms with E-state index in [1.807, 2.05) is 57.4 Å². The Labute approximate surface area is 146 Å². The van der Waals surface area contributed by atoms with E-state index in [0.717, 1.165) is 11.1 Å². The number of hydrogen-bond donors (Lipinski definition) is 2. The average molecular weight is 339 g/mol. The first-order valence-corrected chi connectivity index (χ1v) is 8.09. The molecule has 0 spiro atoms. The van der Waals surface area contributed by atoms with Crippen LogP contribution in [0.4, 0.5) is 4.79 Å². The molecule has 0 saturated carbocycles. The summed E-state index contributed by atoms with van der Waals surface area (Å²) < 4.78 is 7.46. The molecule has 0 radical (unpaired) electrons. The van der Waals surface area contributed by atoms with Crippen LogP contribution in [0.3, 0.4) is 0 Å². The van der Waals surface area contributed by atoms with Crippen molar-refractivity contribution in [3.05, 3.63) is 60.4 Å². The van der Waals surface area contributed by atoms with Gasteiger partial charge in [-0.1, -0.05) is 30.3 Å². The molecule has 7 heteroatoms. The van der Waals surface area contributed by atoms with Crippen molar-refractivity contribution in [1.29, 1.82) is 0 Å². The van der Waals surface area contributed by atoms with Crippen LogP contribution < -0.4 is 10.6 Å². The van der Waals surface area contributed by atoms with Crippen molar-refractivity contribution in [3.63, 3.8) is 0 Å². The van der Waals surface area contributed by atoms with Crippen molar-refractivity contribution in [2.24, 2.45) is 7.05 Å². The lowest BCUT2D eigenvalue weighted by atomic mass is 10.2. The molecule has 0 bridgehead atoms. The van der Waals surface area contributed by atoms with Crippen LogP contribution in [0, 0.1) is 0 Å². The van der Waals surface area contributed by atoms with Gasteiger partial charge < -0.3 is 15.1 Å². The van der Waals surface area contributed by atoms with Gasteiger partial charge in [-0.05, 0) is 13.8 Å². The number of amides is 2. The van der Waals surface area contributed by atoms with Crippen LogP contribution >= 0.6 is 0 Å². The Hall–Kier alpha value is -3.09. The summed E-state index contributed by atoms with van der Waals surface area (Å²) in [6.45, 7) is 3.73. The van der Waals surface area contributed by atoms with E-state index in [-0.39, 0.29) is 18.1 Å². The van der Waals surface area contributed by atoms with Crippen molar-refractivity contribution in [3.8, 4) is 11.3 Å². The molecule has 3 rings (SSSR count). The van der Waals surface area contributed by atoms with Crippen LogP contribution in [0.15, 0.2) is 53.3 Å². The smallest absolute Gasteiger partial charge is 0.315 e. The highest BCUT2D eigenvalue weighted by Gasteiger charge is 2.17. The van der Waals surface area contributed by atoms with Gasteiger partial charge in [0, 0.05) is 24.4 Å². The summed E-state index contributed by atoms with van der Waals surface area (Å²) in [6, 6.07) is 8.93. The van der Waals surface area contributed by atoms with Crippen LogP contribution in [-0.2, 0) is 7.05 Å². The summed E-state index contributed by atoms with van der Waals surface area (Å²) in [5.74, 6) is 1.14. The SMILES string of the molecule is CC(NC(=O)NC(C)c1ncc(-c2ccccc2)o1)c1cnn(C)c1. The maximum atomic E-state index is 12.2. The number of aromatic nitrogens is 3. The van der Waals surface area contributed by atoms with Gasteiger partial charge >= 0.3 is 6.03 Å². The Kier molecular flexibility index (Phi) is 4.83. The number of nitrogens with one attached hydrogen (secondary N) is 2. The van der Waals surface area contributed by atoms with Crippen LogP contribution in [0.5, 0.6) is 0 Å². The number of nitrogens with zero attached hydrogens (tertiary/aromatic N) is 3. The Morgan fingerprint density at radius 2 is 1.84 bits per heavy atom. The molecule has 3 aromatic rings. The molecule has 2 unspecified atom stereocenters. The first-order chi connectivity index (χ1) is 12.0. The standard InChI is InChI=1S/C18H21N5O2/c1-12(15-9-20-23(3)11-15)21-18(24)22-13(2)17-19-10-16(25-17)14-7-5-4-6-8-14/h4-13H,1-3H3,(H2,21,22,24). The van der Waals surface area contributed by atoms with Gasteiger partial charge in [0.2, 0.25) is 5.89 Å². The molecule has 2 N–H and O–H groups in total. The molecule has 1 aromatic carbocycles. The number of hydrogen-bond acceptors (Lipinski definition) is 4. The zero-order chi connectivity index (χ0) is 17.8. The molecular formula is C18H21N5O2. The maximum absolute atomic E-state index is 12.2. The molecule has 2 atom stereocenters. The van der Waals surface area contributed by atoms with Gasteiger partial charge in [-0.15, -0.1) is 0 Å². The minimum absolute atomic E-state index is 0.148. The molecule has 2 aromatic heterocycles. The van der Waals surface area contributed by atoms with Crippen LogP contribution in [0.1, 0.15) is 37.4 Å². The van der Waals surface area contributed by atoms with Gasteiger partial charge in [0.15, 0.2) is 5.76 Å². The third-order valence-electron chi connectivity index (χ3n) is 3.87. The third kappa shape index (κ3) is 4.06. The van der Waals surface area contributed by atoms with Gasteiger partial charge in [0.1, 0.15) is 6.04 Å². The lowest BCUT2D eigenvalue weighted by Gasteiger charge is -2.15. The summed E-state index contributed by atoms with van der Waals surface area (Å²) in [4.78, 5) is 16.4. The lowest BCUT2D eigenvalue weighted by molar-refractivity contribution is 0.232. The highest BCUT2D eigenvalue weighted by atomic mass is 16.4. The van der Waals surface area contributed by atoms with Crippen molar-refractivity contribution in [2.75, 3.05) is 0 Å². The fourth-order valence-corrected chi connectivity index (χ4v) is 2.47. The van der Waals surface area contributed by atoms with Gasteiger partial charge in [0.05, 0.1) is 18.4 Å². The van der Waals surface area contributed by atoms with Crippen LogP contribution in [-0.4, -0.2) is 20.8 Å². The van der Waals surface area contributed by atoms with Crippen molar-refractivity contribution < 1.29 is 9.21 Å². The van der Waals surface area contributed by atoms with Crippen molar-refractivity contribution >= 4 is 6.03 Å². The summed E-state index contributed by atoms with van der Waals surface area (Å²) in [6.07, 6.45) is 5.27. The van der Waals surface area contributed by atoms with Crippen molar-refractivity contribution in [1.82, 2.24) is 25.4 Å². The fourth-order valence-electron chi connectivity index (χ4n) is 2.47. The van der Waals surface area contributed by atoms with Gasteiger partial charge in [0.25, 0.3) is 0 Å². The van der Waals surface area contributed by atoms with E-state index in [2.05, 4.69) is 20.7 Å². The molecular weight excluding hydrogens is 318 g/mol. The zero-order valence-corrected chi connectivity index (χ0v) is 14.4. The molecule has 0 saturated heterocycles. The molecule has 0 aliphatic rings. The van der Waals surface area contributed by atoms with Gasteiger partial charge in [-0.3, -0.25) is 4.68 Å². The topological polar surface area (TPSA) is 85.0 Å². The highest BCUT2D eigenvalue weighted by molar-refractivity contribution is 5.74. The molecule has 0 aliphatic carbocycles. The number of rotatable bonds is 5. The Morgan fingerprint density at radius 3 is 2.52 bits per heavy atom. The van der Waals surface area contributed by atoms with Crippen LogP contribution in [0.2, 0.25) is 0 Å². The first-order valence-electron chi connectivity index (χ1n) is 8.09. The summed E-state index contributed by atoms with van der Waals surface area (Å²) in [7, 11) is 1.84. The summed E-state index contributed by atoms with van der Waals surface area (Å²) >= 11 is 0. The minimum atomic E-state index is -0.349. The number of carbonyl (C=O) groups excluding carboxylic acids is 1. The molecule has 130 valence electrons. The van der Waals surface area contributed by atoms with E-state index in [0.29, 0.717) is 11.7 Å². The number of urea groups is 1. The fraction of sp³-hybridized carbons (Fsp3) is 0.278. The quantitative estimate of drug-likeness (QED) is 0.747. The van der Waals surface area contributed by atoms with Crippen LogP contribution in [0.25, 0.3) is 11.3 Å². The van der Waals surface area contributed by atoms with E-state index in [4.69, 9.17) is 4.42 Å². The molecule has 2 amide bonds. The normalized spacial score (nSPS) is 13.2. The van der Waals surface area contributed by atoms with Crippen molar-refractivity contribution in [2.45, 2.75) is 25.9 Å². The zero-order valence-electron chi connectivity index (χ0n) is 14.4. The predicted molar refractivity (Wildman–Crippen MR) is 93.6 cm³/mol. The second-order valence-corrected chi connectivity index (χ2v) is 5.94. The van der Waals surface area contributed by atoms with E-state index in [9.17, 15) is 4.79 Å². The van der Waals surface area contributed by atoms with E-state index in [1.165, 1.54) is 0 Å². The molecule has 0 aliphatic heterocycles. The molecule has 0 fully saturated rings. The number of carbonyl (C=O) groups is 1.